The van der Waals surface area contributed by atoms with Crippen LogP contribution in [0.4, 0.5) is 0 Å². The number of azide groups is 1. The molecular formula is C12H16N4. The lowest BCUT2D eigenvalue weighted by molar-refractivity contribution is 0.360. The Bertz CT molecular complexity index is 370. The molecule has 0 spiro atoms. The van der Waals surface area contributed by atoms with Gasteiger partial charge in [0.05, 0.1) is 0 Å². The fourth-order valence-electron chi connectivity index (χ4n) is 2.22. The van der Waals surface area contributed by atoms with Gasteiger partial charge in [-0.1, -0.05) is 35.4 Å². The minimum absolute atomic E-state index is 0.167. The van der Waals surface area contributed by atoms with E-state index < -0.39 is 0 Å². The predicted octanol–water partition coefficient (Wildman–Crippen LogP) is 2.66. The number of nitrogens with zero attached hydrogens (tertiary/aromatic N) is 3. The first kappa shape index (κ1) is 11.0. The van der Waals surface area contributed by atoms with Crippen LogP contribution in [0.2, 0.25) is 0 Å². The molecule has 1 N–H and O–H groups in total. The zero-order chi connectivity index (χ0) is 11.2. The maximum Gasteiger partial charge on any atom is 0.0401 e. The van der Waals surface area contributed by atoms with Gasteiger partial charge in [0.1, 0.15) is 0 Å². The molecule has 0 aliphatic carbocycles. The van der Waals surface area contributed by atoms with Crippen molar-refractivity contribution in [2.24, 2.45) is 5.11 Å². The second kappa shape index (κ2) is 5.54. The van der Waals surface area contributed by atoms with Crippen LogP contribution in [0.1, 0.15) is 18.4 Å². The van der Waals surface area contributed by atoms with Crippen molar-refractivity contribution in [3.05, 3.63) is 46.3 Å². The molecule has 0 radical (unpaired) electrons. The van der Waals surface area contributed by atoms with Gasteiger partial charge in [0.15, 0.2) is 0 Å². The summed E-state index contributed by atoms with van der Waals surface area (Å²) in [6, 6.07) is 11.0. The minimum atomic E-state index is 0.167. The molecule has 0 bridgehead atoms. The van der Waals surface area contributed by atoms with Crippen LogP contribution in [-0.4, -0.2) is 18.6 Å². The zero-order valence-corrected chi connectivity index (χ0v) is 9.21. The van der Waals surface area contributed by atoms with Gasteiger partial charge in [-0.05, 0) is 36.9 Å². The third-order valence-corrected chi connectivity index (χ3v) is 3.01. The average molecular weight is 216 g/mol. The van der Waals surface area contributed by atoms with Crippen LogP contribution in [0, 0.1) is 0 Å². The lowest BCUT2D eigenvalue weighted by atomic mass is 9.95. The van der Waals surface area contributed by atoms with E-state index in [0.29, 0.717) is 6.04 Å². The zero-order valence-electron chi connectivity index (χ0n) is 9.21. The van der Waals surface area contributed by atoms with E-state index in [1.807, 2.05) is 6.07 Å². The largest absolute Gasteiger partial charge is 0.314 e. The summed E-state index contributed by atoms with van der Waals surface area (Å²) in [6.45, 7) is 0.946. The molecule has 1 heterocycles. The molecule has 0 unspecified atom stereocenters. The summed E-state index contributed by atoms with van der Waals surface area (Å²) in [7, 11) is 0. The maximum absolute atomic E-state index is 8.43. The number of nitrogens with one attached hydrogen (secondary N) is 1. The Kier molecular flexibility index (Phi) is 3.81. The van der Waals surface area contributed by atoms with Crippen molar-refractivity contribution < 1.29 is 0 Å². The van der Waals surface area contributed by atoms with Gasteiger partial charge >= 0.3 is 0 Å². The van der Waals surface area contributed by atoms with E-state index in [2.05, 4.69) is 39.6 Å². The van der Waals surface area contributed by atoms with Gasteiger partial charge in [0.2, 0.25) is 0 Å². The molecule has 1 saturated heterocycles. The molecule has 0 saturated carbocycles. The number of hydrogen-bond acceptors (Lipinski definition) is 2. The summed E-state index contributed by atoms with van der Waals surface area (Å²) < 4.78 is 0. The van der Waals surface area contributed by atoms with Gasteiger partial charge in [-0.3, -0.25) is 0 Å². The molecule has 1 aliphatic rings. The number of rotatable bonds is 3. The van der Waals surface area contributed by atoms with E-state index in [9.17, 15) is 0 Å². The second-order valence-electron chi connectivity index (χ2n) is 4.22. The maximum atomic E-state index is 8.43. The second-order valence-corrected chi connectivity index (χ2v) is 4.22. The van der Waals surface area contributed by atoms with Crippen molar-refractivity contribution in [3.63, 3.8) is 0 Å². The number of benzene rings is 1. The smallest absolute Gasteiger partial charge is 0.0401 e. The third-order valence-electron chi connectivity index (χ3n) is 3.01. The minimum Gasteiger partial charge on any atom is -0.314 e. The van der Waals surface area contributed by atoms with Crippen LogP contribution in [0.3, 0.4) is 0 Å². The molecular weight excluding hydrogens is 200 g/mol. The van der Waals surface area contributed by atoms with Crippen molar-refractivity contribution in [1.82, 2.24) is 5.32 Å². The monoisotopic (exact) mass is 216 g/mol. The Hall–Kier alpha value is -1.51. The van der Waals surface area contributed by atoms with Crippen molar-refractivity contribution in [3.8, 4) is 0 Å². The molecule has 84 valence electrons. The summed E-state index contributed by atoms with van der Waals surface area (Å²) in [5, 5.41) is 7.29. The van der Waals surface area contributed by atoms with Crippen LogP contribution in [0.15, 0.2) is 35.4 Å². The van der Waals surface area contributed by atoms with E-state index in [1.165, 1.54) is 5.56 Å². The van der Waals surface area contributed by atoms with Crippen LogP contribution < -0.4 is 5.32 Å². The quantitative estimate of drug-likeness (QED) is 0.471. The van der Waals surface area contributed by atoms with E-state index in [0.717, 1.165) is 25.8 Å². The van der Waals surface area contributed by atoms with Crippen LogP contribution >= 0.6 is 0 Å². The molecule has 2 rings (SSSR count). The van der Waals surface area contributed by atoms with Gasteiger partial charge in [-0.25, -0.2) is 0 Å². The molecule has 16 heavy (non-hydrogen) atoms. The van der Waals surface area contributed by atoms with E-state index >= 15 is 0 Å². The van der Waals surface area contributed by atoms with Crippen molar-refractivity contribution in [2.75, 3.05) is 6.54 Å². The van der Waals surface area contributed by atoms with E-state index in [-0.39, 0.29) is 6.04 Å². The van der Waals surface area contributed by atoms with Gasteiger partial charge in [-0.15, -0.1) is 0 Å². The molecule has 0 aromatic heterocycles. The van der Waals surface area contributed by atoms with Crippen molar-refractivity contribution in [1.29, 1.82) is 0 Å². The SMILES string of the molecule is [N-]=[N+]=N[C@H]1CCN[C@H](Cc2ccccc2)C1. The fourth-order valence-corrected chi connectivity index (χ4v) is 2.22. The lowest BCUT2D eigenvalue weighted by Gasteiger charge is -2.27. The standard InChI is InChI=1S/C12H16N4/c13-16-15-11-6-7-14-12(9-11)8-10-4-2-1-3-5-10/h1-5,11-12,14H,6-9H2/t11-,12+/m0/s1. The highest BCUT2D eigenvalue weighted by molar-refractivity contribution is 5.16. The van der Waals surface area contributed by atoms with Crippen LogP contribution in [0.5, 0.6) is 0 Å². The first-order chi connectivity index (χ1) is 7.88. The summed E-state index contributed by atoms with van der Waals surface area (Å²) >= 11 is 0. The van der Waals surface area contributed by atoms with Gasteiger partial charge in [0.25, 0.3) is 0 Å². The molecule has 0 amide bonds. The molecule has 1 aromatic rings. The molecule has 1 aromatic carbocycles. The molecule has 4 nitrogen and oxygen atoms in total. The average Bonchev–Trinajstić information content (AvgIpc) is 2.31. The van der Waals surface area contributed by atoms with E-state index in [1.54, 1.807) is 0 Å². The Balaban J connectivity index is 1.93. The third kappa shape index (κ3) is 2.99. The number of piperidine rings is 1. The molecule has 1 fully saturated rings. The summed E-state index contributed by atoms with van der Waals surface area (Å²) in [4.78, 5) is 2.90. The van der Waals surface area contributed by atoms with Gasteiger partial charge < -0.3 is 5.32 Å². The Morgan fingerprint density at radius 1 is 1.38 bits per heavy atom. The summed E-state index contributed by atoms with van der Waals surface area (Å²) in [5.74, 6) is 0. The van der Waals surface area contributed by atoms with Gasteiger partial charge in [-0.2, -0.15) is 0 Å². The molecule has 4 heteroatoms. The summed E-state index contributed by atoms with van der Waals surface area (Å²) in [6.07, 6.45) is 2.91. The first-order valence-electron chi connectivity index (χ1n) is 5.70. The fraction of sp³-hybridized carbons (Fsp3) is 0.500. The predicted molar refractivity (Wildman–Crippen MR) is 64.1 cm³/mol. The van der Waals surface area contributed by atoms with Crippen molar-refractivity contribution >= 4 is 0 Å². The first-order valence-corrected chi connectivity index (χ1v) is 5.70. The molecule has 2 atom stereocenters. The van der Waals surface area contributed by atoms with Gasteiger partial charge in [0, 0.05) is 17.0 Å². The highest BCUT2D eigenvalue weighted by Gasteiger charge is 2.20. The lowest BCUT2D eigenvalue weighted by Crippen LogP contribution is -2.40. The molecule has 1 aliphatic heterocycles. The normalized spacial score (nSPS) is 24.8. The van der Waals surface area contributed by atoms with Crippen LogP contribution in [-0.2, 0) is 6.42 Å². The van der Waals surface area contributed by atoms with Crippen molar-refractivity contribution in [2.45, 2.75) is 31.3 Å². The topological polar surface area (TPSA) is 60.8 Å². The van der Waals surface area contributed by atoms with Crippen LogP contribution in [0.25, 0.3) is 10.4 Å². The highest BCUT2D eigenvalue weighted by atomic mass is 15.2. The highest BCUT2D eigenvalue weighted by Crippen LogP contribution is 2.16. The Morgan fingerprint density at radius 2 is 2.19 bits per heavy atom. The Morgan fingerprint density at radius 3 is 2.94 bits per heavy atom. The summed E-state index contributed by atoms with van der Waals surface area (Å²) in [5.41, 5.74) is 9.77. The Labute approximate surface area is 95.3 Å². The van der Waals surface area contributed by atoms with E-state index in [4.69, 9.17) is 5.53 Å². The number of hydrogen-bond donors (Lipinski definition) is 1.